The van der Waals surface area contributed by atoms with E-state index in [1.54, 1.807) is 6.07 Å². The van der Waals surface area contributed by atoms with E-state index in [-0.39, 0.29) is 18.2 Å². The Labute approximate surface area is 163 Å². The molecule has 1 saturated heterocycles. The predicted octanol–water partition coefficient (Wildman–Crippen LogP) is 5.95. The van der Waals surface area contributed by atoms with Gasteiger partial charge >= 0.3 is 6.09 Å². The minimum atomic E-state index is -0.235. The average molecular weight is 388 g/mol. The molecule has 0 N–H and O–H groups in total. The molecule has 2 bridgehead atoms. The van der Waals surface area contributed by atoms with Crippen molar-refractivity contribution in [2.45, 2.75) is 38.0 Å². The molecule has 5 heteroatoms. The van der Waals surface area contributed by atoms with Crippen molar-refractivity contribution in [2.24, 2.45) is 0 Å². The normalized spacial score (nSPS) is 21.5. The summed E-state index contributed by atoms with van der Waals surface area (Å²) in [5.41, 5.74) is 3.24. The highest BCUT2D eigenvalue weighted by atomic mass is 35.5. The van der Waals surface area contributed by atoms with Gasteiger partial charge in [-0.2, -0.15) is 0 Å². The first kappa shape index (κ1) is 17.4. The van der Waals surface area contributed by atoms with Gasteiger partial charge in [-0.25, -0.2) is 4.79 Å². The third-order valence-corrected chi connectivity index (χ3v) is 5.48. The van der Waals surface area contributed by atoms with E-state index >= 15 is 0 Å². The summed E-state index contributed by atoms with van der Waals surface area (Å²) in [6.07, 6.45) is 4.67. The van der Waals surface area contributed by atoms with Crippen LogP contribution in [0.4, 0.5) is 4.79 Å². The smallest absolute Gasteiger partial charge is 0.410 e. The molecule has 2 heterocycles. The van der Waals surface area contributed by atoms with Crippen LogP contribution < -0.4 is 0 Å². The molecular weight excluding hydrogens is 369 g/mol. The standard InChI is InChI=1S/C21H19Cl2NO2/c22-17-8-15(9-18(23)12-17)16-10-19-6-7-20(11-16)24(19)21(25)26-13-14-4-2-1-3-5-14/h1-5,8-10,12,19-20H,6-7,11,13H2. The Morgan fingerprint density at radius 3 is 2.50 bits per heavy atom. The van der Waals surface area contributed by atoms with Gasteiger partial charge in [0.05, 0.1) is 6.04 Å². The Kier molecular flexibility index (Phi) is 4.92. The Hall–Kier alpha value is -1.97. The second kappa shape index (κ2) is 7.34. The first-order valence-electron chi connectivity index (χ1n) is 8.76. The monoisotopic (exact) mass is 387 g/mol. The first-order chi connectivity index (χ1) is 12.6. The fraction of sp³-hybridized carbons (Fsp3) is 0.286. The molecular formula is C21H19Cl2NO2. The highest BCUT2D eigenvalue weighted by Gasteiger charge is 2.40. The molecule has 134 valence electrons. The number of benzene rings is 2. The number of hydrogen-bond acceptors (Lipinski definition) is 2. The summed E-state index contributed by atoms with van der Waals surface area (Å²) < 4.78 is 5.54. The maximum Gasteiger partial charge on any atom is 0.410 e. The molecule has 2 aliphatic rings. The molecule has 0 radical (unpaired) electrons. The zero-order chi connectivity index (χ0) is 18.1. The fourth-order valence-corrected chi connectivity index (χ4v) is 4.39. The van der Waals surface area contributed by atoms with Crippen molar-refractivity contribution in [1.29, 1.82) is 0 Å². The van der Waals surface area contributed by atoms with Crippen molar-refractivity contribution in [3.63, 3.8) is 0 Å². The predicted molar refractivity (Wildman–Crippen MR) is 104 cm³/mol. The van der Waals surface area contributed by atoms with Crippen molar-refractivity contribution >= 4 is 34.9 Å². The largest absolute Gasteiger partial charge is 0.445 e. The van der Waals surface area contributed by atoms with Crippen LogP contribution >= 0.6 is 23.2 Å². The molecule has 2 aliphatic heterocycles. The van der Waals surface area contributed by atoms with Crippen LogP contribution in [0, 0.1) is 0 Å². The van der Waals surface area contributed by atoms with Gasteiger partial charge in [-0.15, -0.1) is 0 Å². The average Bonchev–Trinajstić information content (AvgIpc) is 2.89. The van der Waals surface area contributed by atoms with Gasteiger partial charge in [0, 0.05) is 16.1 Å². The van der Waals surface area contributed by atoms with Gasteiger partial charge in [0.25, 0.3) is 0 Å². The summed E-state index contributed by atoms with van der Waals surface area (Å²) in [5.74, 6) is 0. The van der Waals surface area contributed by atoms with Crippen LogP contribution in [-0.2, 0) is 11.3 Å². The van der Waals surface area contributed by atoms with Crippen molar-refractivity contribution in [3.8, 4) is 0 Å². The molecule has 0 aliphatic carbocycles. The summed E-state index contributed by atoms with van der Waals surface area (Å²) in [4.78, 5) is 14.5. The van der Waals surface area contributed by atoms with E-state index in [1.807, 2.05) is 47.4 Å². The van der Waals surface area contributed by atoms with E-state index in [9.17, 15) is 4.79 Å². The highest BCUT2D eigenvalue weighted by Crippen LogP contribution is 2.40. The maximum atomic E-state index is 12.6. The molecule has 26 heavy (non-hydrogen) atoms. The molecule has 0 saturated carbocycles. The summed E-state index contributed by atoms with van der Waals surface area (Å²) in [7, 11) is 0. The zero-order valence-corrected chi connectivity index (χ0v) is 15.7. The highest BCUT2D eigenvalue weighted by molar-refractivity contribution is 6.34. The minimum Gasteiger partial charge on any atom is -0.445 e. The summed E-state index contributed by atoms with van der Waals surface area (Å²) in [6, 6.07) is 15.6. The number of rotatable bonds is 3. The third-order valence-electron chi connectivity index (χ3n) is 5.04. The van der Waals surface area contributed by atoms with Crippen LogP contribution in [0.25, 0.3) is 5.57 Å². The van der Waals surface area contributed by atoms with Crippen molar-refractivity contribution in [3.05, 3.63) is 75.8 Å². The molecule has 0 spiro atoms. The van der Waals surface area contributed by atoms with Gasteiger partial charge < -0.3 is 4.74 Å². The van der Waals surface area contributed by atoms with Crippen molar-refractivity contribution in [1.82, 2.24) is 4.90 Å². The Balaban J connectivity index is 1.48. The Morgan fingerprint density at radius 2 is 1.81 bits per heavy atom. The molecule has 1 amide bonds. The van der Waals surface area contributed by atoms with Gasteiger partial charge in [0.2, 0.25) is 0 Å². The Morgan fingerprint density at radius 1 is 1.08 bits per heavy atom. The van der Waals surface area contributed by atoms with E-state index in [0.717, 1.165) is 30.4 Å². The minimum absolute atomic E-state index is 0.0739. The van der Waals surface area contributed by atoms with Gasteiger partial charge in [-0.05, 0) is 54.2 Å². The van der Waals surface area contributed by atoms with Gasteiger partial charge in [-0.1, -0.05) is 59.6 Å². The molecule has 3 nitrogen and oxygen atoms in total. The number of amides is 1. The van der Waals surface area contributed by atoms with Gasteiger partial charge in [0.1, 0.15) is 6.61 Å². The number of hydrogen-bond donors (Lipinski definition) is 0. The number of ether oxygens (including phenoxy) is 1. The lowest BCUT2D eigenvalue weighted by Gasteiger charge is -2.33. The topological polar surface area (TPSA) is 29.5 Å². The molecule has 1 fully saturated rings. The lowest BCUT2D eigenvalue weighted by Crippen LogP contribution is -2.43. The third kappa shape index (κ3) is 3.60. The van der Waals surface area contributed by atoms with E-state index in [0.29, 0.717) is 16.7 Å². The molecule has 4 rings (SSSR count). The molecule has 2 atom stereocenters. The van der Waals surface area contributed by atoms with Crippen LogP contribution in [0.1, 0.15) is 30.4 Å². The van der Waals surface area contributed by atoms with Crippen LogP contribution in [0.15, 0.2) is 54.6 Å². The SMILES string of the molecule is O=C(OCc1ccccc1)N1C2C=C(c3cc(Cl)cc(Cl)c3)CC1CC2. The van der Waals surface area contributed by atoms with E-state index in [2.05, 4.69) is 6.08 Å². The number of fused-ring (bicyclic) bond motifs is 2. The van der Waals surface area contributed by atoms with Crippen molar-refractivity contribution < 1.29 is 9.53 Å². The quantitative estimate of drug-likeness (QED) is 0.650. The Bertz CT molecular complexity index is 830. The number of carbonyl (C=O) groups is 1. The van der Waals surface area contributed by atoms with E-state index in [1.165, 1.54) is 5.57 Å². The van der Waals surface area contributed by atoms with Crippen LogP contribution in [-0.4, -0.2) is 23.1 Å². The van der Waals surface area contributed by atoms with Crippen molar-refractivity contribution in [2.75, 3.05) is 0 Å². The fourth-order valence-electron chi connectivity index (χ4n) is 3.86. The number of nitrogens with zero attached hydrogens (tertiary/aromatic N) is 1. The molecule has 2 unspecified atom stereocenters. The van der Waals surface area contributed by atoms with Gasteiger partial charge in [0.15, 0.2) is 0 Å². The summed E-state index contributed by atoms with van der Waals surface area (Å²) in [6.45, 7) is 0.302. The lowest BCUT2D eigenvalue weighted by atomic mass is 9.95. The summed E-state index contributed by atoms with van der Waals surface area (Å²) >= 11 is 12.3. The van der Waals surface area contributed by atoms with E-state index in [4.69, 9.17) is 27.9 Å². The van der Waals surface area contributed by atoms with Crippen LogP contribution in [0.2, 0.25) is 10.0 Å². The second-order valence-corrected chi connectivity index (χ2v) is 7.67. The molecule has 0 aromatic heterocycles. The van der Waals surface area contributed by atoms with Crippen LogP contribution in [0.3, 0.4) is 0 Å². The number of halogens is 2. The lowest BCUT2D eigenvalue weighted by molar-refractivity contribution is 0.0832. The van der Waals surface area contributed by atoms with Crippen LogP contribution in [0.5, 0.6) is 0 Å². The maximum absolute atomic E-state index is 12.6. The number of carbonyl (C=O) groups excluding carboxylic acids is 1. The summed E-state index contributed by atoms with van der Waals surface area (Å²) in [5, 5.41) is 1.26. The van der Waals surface area contributed by atoms with E-state index < -0.39 is 0 Å². The molecule has 2 aromatic carbocycles. The van der Waals surface area contributed by atoms with Gasteiger partial charge in [-0.3, -0.25) is 4.90 Å². The zero-order valence-electron chi connectivity index (χ0n) is 14.2. The first-order valence-corrected chi connectivity index (χ1v) is 9.52. The molecule has 2 aromatic rings. The second-order valence-electron chi connectivity index (χ2n) is 6.80.